The van der Waals surface area contributed by atoms with E-state index < -0.39 is 0 Å². The molecule has 0 unspecified atom stereocenters. The van der Waals surface area contributed by atoms with Crippen LogP contribution in [0.15, 0.2) is 0 Å². The molecule has 1 aromatic heterocycles. The summed E-state index contributed by atoms with van der Waals surface area (Å²) in [7, 11) is 0. The molecule has 0 spiro atoms. The monoisotopic (exact) mass is 238 g/mol. The molecule has 0 aromatic carbocycles. The number of thiocarbonyl (C=S) groups is 1. The van der Waals surface area contributed by atoms with Crippen molar-refractivity contribution >= 4 is 17.2 Å². The second-order valence-corrected chi connectivity index (χ2v) is 4.78. The topological polar surface area (TPSA) is 56.7 Å². The number of hydrogen-bond acceptors (Lipinski definition) is 3. The van der Waals surface area contributed by atoms with Crippen molar-refractivity contribution < 1.29 is 0 Å². The Balaban J connectivity index is 2.29. The van der Waals surface area contributed by atoms with Crippen LogP contribution in [0.25, 0.3) is 0 Å². The summed E-state index contributed by atoms with van der Waals surface area (Å²) in [5, 5.41) is 8.34. The third-order valence-corrected chi connectivity index (χ3v) is 3.47. The summed E-state index contributed by atoms with van der Waals surface area (Å²) >= 11 is 4.99. The molecule has 1 heterocycles. The Morgan fingerprint density at radius 2 is 2.12 bits per heavy atom. The molecule has 1 saturated carbocycles. The fourth-order valence-electron chi connectivity index (χ4n) is 2.45. The second-order valence-electron chi connectivity index (χ2n) is 4.34. The molecule has 4 nitrogen and oxygen atoms in total. The largest absolute Gasteiger partial charge is 0.388 e. The van der Waals surface area contributed by atoms with Crippen LogP contribution in [0.5, 0.6) is 0 Å². The van der Waals surface area contributed by atoms with Gasteiger partial charge in [-0.1, -0.05) is 43.6 Å². The van der Waals surface area contributed by atoms with Crippen LogP contribution in [0.1, 0.15) is 56.5 Å². The molecule has 1 fully saturated rings. The zero-order chi connectivity index (χ0) is 11.5. The van der Waals surface area contributed by atoms with E-state index in [4.69, 9.17) is 18.0 Å². The van der Waals surface area contributed by atoms with Crippen LogP contribution >= 0.6 is 12.2 Å². The van der Waals surface area contributed by atoms with Gasteiger partial charge in [-0.15, -0.1) is 5.10 Å². The average molecular weight is 238 g/mol. The molecule has 0 atom stereocenters. The van der Waals surface area contributed by atoms with Crippen molar-refractivity contribution in [2.45, 2.75) is 51.5 Å². The number of rotatable bonds is 3. The van der Waals surface area contributed by atoms with Gasteiger partial charge < -0.3 is 5.73 Å². The number of aromatic nitrogens is 3. The molecule has 0 radical (unpaired) electrons. The van der Waals surface area contributed by atoms with Gasteiger partial charge in [-0.05, 0) is 19.3 Å². The van der Waals surface area contributed by atoms with Gasteiger partial charge in [0.2, 0.25) is 0 Å². The van der Waals surface area contributed by atoms with E-state index in [0.29, 0.717) is 16.7 Å². The maximum Gasteiger partial charge on any atom is 0.143 e. The van der Waals surface area contributed by atoms with Gasteiger partial charge in [0.1, 0.15) is 10.7 Å². The Kier molecular flexibility index (Phi) is 3.53. The van der Waals surface area contributed by atoms with E-state index >= 15 is 0 Å². The van der Waals surface area contributed by atoms with E-state index in [-0.39, 0.29) is 0 Å². The summed E-state index contributed by atoms with van der Waals surface area (Å²) in [5.74, 6) is 0. The van der Waals surface area contributed by atoms with Crippen LogP contribution in [0, 0.1) is 0 Å². The number of hydrogen-bond donors (Lipinski definition) is 1. The molecular formula is C11H18N4S. The highest BCUT2D eigenvalue weighted by Gasteiger charge is 2.21. The molecule has 0 aliphatic heterocycles. The molecule has 1 aliphatic carbocycles. The molecule has 1 aliphatic rings. The fraction of sp³-hybridized carbons (Fsp3) is 0.727. The molecule has 2 rings (SSSR count). The summed E-state index contributed by atoms with van der Waals surface area (Å²) in [6, 6.07) is 0.499. The first-order valence-corrected chi connectivity index (χ1v) is 6.38. The van der Waals surface area contributed by atoms with Gasteiger partial charge in [0, 0.05) is 0 Å². The van der Waals surface area contributed by atoms with E-state index in [9.17, 15) is 0 Å². The minimum Gasteiger partial charge on any atom is -0.388 e. The standard InChI is InChI=1S/C11H18N4S/c1-2-9-10(11(12)16)13-14-15(9)8-6-4-3-5-7-8/h8H,2-7H2,1H3,(H2,12,16). The Hall–Kier alpha value is -0.970. The van der Waals surface area contributed by atoms with Gasteiger partial charge in [0.25, 0.3) is 0 Å². The van der Waals surface area contributed by atoms with E-state index in [1.165, 1.54) is 32.1 Å². The van der Waals surface area contributed by atoms with Gasteiger partial charge >= 0.3 is 0 Å². The minimum atomic E-state index is 0.360. The summed E-state index contributed by atoms with van der Waals surface area (Å²) in [6.45, 7) is 2.10. The molecule has 1 aromatic rings. The maximum atomic E-state index is 5.65. The Labute approximate surface area is 101 Å². The summed E-state index contributed by atoms with van der Waals surface area (Å²) < 4.78 is 2.05. The molecule has 16 heavy (non-hydrogen) atoms. The SMILES string of the molecule is CCc1c(C(N)=S)nnn1C1CCCCC1. The quantitative estimate of drug-likeness (QED) is 0.818. The predicted octanol–water partition coefficient (Wildman–Crippen LogP) is 1.98. The first-order chi connectivity index (χ1) is 7.74. The van der Waals surface area contributed by atoms with Gasteiger partial charge in [0.15, 0.2) is 0 Å². The number of nitrogens with zero attached hydrogens (tertiary/aromatic N) is 3. The highest BCUT2D eigenvalue weighted by molar-refractivity contribution is 7.80. The zero-order valence-corrected chi connectivity index (χ0v) is 10.5. The fourth-order valence-corrected chi connectivity index (χ4v) is 2.61. The summed E-state index contributed by atoms with van der Waals surface area (Å²) in [6.07, 6.45) is 7.21. The van der Waals surface area contributed by atoms with Crippen molar-refractivity contribution in [1.82, 2.24) is 15.0 Å². The van der Waals surface area contributed by atoms with Crippen LogP contribution in [0.4, 0.5) is 0 Å². The van der Waals surface area contributed by atoms with E-state index in [0.717, 1.165) is 12.1 Å². The lowest BCUT2D eigenvalue weighted by molar-refractivity contribution is 0.317. The third-order valence-electron chi connectivity index (χ3n) is 3.28. The molecule has 5 heteroatoms. The molecule has 88 valence electrons. The average Bonchev–Trinajstić information content (AvgIpc) is 2.73. The molecule has 2 N–H and O–H groups in total. The second kappa shape index (κ2) is 4.91. The van der Waals surface area contributed by atoms with Gasteiger partial charge in [-0.25, -0.2) is 4.68 Å². The molecule has 0 saturated heterocycles. The van der Waals surface area contributed by atoms with E-state index in [2.05, 4.69) is 17.2 Å². The maximum absolute atomic E-state index is 5.65. The van der Waals surface area contributed by atoms with Crippen LogP contribution < -0.4 is 5.73 Å². The number of nitrogens with two attached hydrogens (primary N) is 1. The summed E-state index contributed by atoms with van der Waals surface area (Å²) in [4.78, 5) is 0.360. The van der Waals surface area contributed by atoms with Crippen molar-refractivity contribution in [3.63, 3.8) is 0 Å². The lowest BCUT2D eigenvalue weighted by Crippen LogP contribution is -2.18. The Morgan fingerprint density at radius 1 is 1.44 bits per heavy atom. The normalized spacial score (nSPS) is 17.6. The third kappa shape index (κ3) is 2.09. The first-order valence-electron chi connectivity index (χ1n) is 5.98. The summed E-state index contributed by atoms with van der Waals surface area (Å²) in [5.41, 5.74) is 7.46. The molecule has 0 amide bonds. The van der Waals surface area contributed by atoms with Crippen molar-refractivity contribution in [3.8, 4) is 0 Å². The Morgan fingerprint density at radius 3 is 2.69 bits per heavy atom. The van der Waals surface area contributed by atoms with Crippen LogP contribution in [0.2, 0.25) is 0 Å². The van der Waals surface area contributed by atoms with Gasteiger partial charge in [-0.2, -0.15) is 0 Å². The highest BCUT2D eigenvalue weighted by Crippen LogP contribution is 2.29. The van der Waals surface area contributed by atoms with Crippen molar-refractivity contribution in [3.05, 3.63) is 11.4 Å². The van der Waals surface area contributed by atoms with Gasteiger partial charge in [-0.3, -0.25) is 0 Å². The first kappa shape index (κ1) is 11.5. The van der Waals surface area contributed by atoms with Crippen LogP contribution in [0.3, 0.4) is 0 Å². The van der Waals surface area contributed by atoms with Crippen molar-refractivity contribution in [2.75, 3.05) is 0 Å². The van der Waals surface area contributed by atoms with Crippen molar-refractivity contribution in [1.29, 1.82) is 0 Å². The van der Waals surface area contributed by atoms with Gasteiger partial charge in [0.05, 0.1) is 11.7 Å². The van der Waals surface area contributed by atoms with Crippen molar-refractivity contribution in [2.24, 2.45) is 5.73 Å². The van der Waals surface area contributed by atoms with Crippen LogP contribution in [-0.4, -0.2) is 20.0 Å². The smallest absolute Gasteiger partial charge is 0.143 e. The lowest BCUT2D eigenvalue weighted by atomic mass is 9.95. The molecule has 0 bridgehead atoms. The Bertz CT molecular complexity index is 379. The van der Waals surface area contributed by atoms with E-state index in [1.807, 2.05) is 4.68 Å². The zero-order valence-electron chi connectivity index (χ0n) is 9.65. The highest BCUT2D eigenvalue weighted by atomic mass is 32.1. The van der Waals surface area contributed by atoms with E-state index in [1.54, 1.807) is 0 Å². The van der Waals surface area contributed by atoms with Crippen LogP contribution in [-0.2, 0) is 6.42 Å². The minimum absolute atomic E-state index is 0.360. The molecular weight excluding hydrogens is 220 g/mol. The lowest BCUT2D eigenvalue weighted by Gasteiger charge is -2.23. The predicted molar refractivity (Wildman–Crippen MR) is 67.4 cm³/mol.